The Labute approximate surface area is 226 Å². The summed E-state index contributed by atoms with van der Waals surface area (Å²) in [5.74, 6) is 1.08. The summed E-state index contributed by atoms with van der Waals surface area (Å²) < 4.78 is 17.6. The number of halogens is 1. The molecule has 0 atom stereocenters. The van der Waals surface area contributed by atoms with Crippen molar-refractivity contribution < 1.29 is 23.8 Å². The molecule has 0 bridgehead atoms. The van der Waals surface area contributed by atoms with Crippen molar-refractivity contribution in [1.82, 2.24) is 5.43 Å². The summed E-state index contributed by atoms with van der Waals surface area (Å²) in [6.07, 6.45) is 2.31. The van der Waals surface area contributed by atoms with Crippen molar-refractivity contribution in [2.75, 3.05) is 13.2 Å². The van der Waals surface area contributed by atoms with E-state index in [1.165, 1.54) is 6.21 Å². The maximum absolute atomic E-state index is 12.7. The van der Waals surface area contributed by atoms with Crippen LogP contribution in [0.1, 0.15) is 60.2 Å². The molecule has 0 fully saturated rings. The third-order valence-electron chi connectivity index (χ3n) is 5.37. The third kappa shape index (κ3) is 8.46. The van der Waals surface area contributed by atoms with Crippen LogP contribution in [0.4, 0.5) is 0 Å². The van der Waals surface area contributed by atoms with Gasteiger partial charge in [-0.25, -0.2) is 10.2 Å². The summed E-state index contributed by atoms with van der Waals surface area (Å²) >= 11 is 3.41. The Bertz CT molecular complexity index is 1260. The Morgan fingerprint density at radius 1 is 1.00 bits per heavy atom. The molecule has 0 aromatic heterocycles. The maximum atomic E-state index is 12.7. The van der Waals surface area contributed by atoms with Gasteiger partial charge in [0.15, 0.2) is 6.61 Å². The molecule has 0 saturated heterocycles. The lowest BCUT2D eigenvalue weighted by atomic mass is 10.0. The van der Waals surface area contributed by atoms with Gasteiger partial charge in [0.05, 0.1) is 18.4 Å². The van der Waals surface area contributed by atoms with Crippen LogP contribution in [0.3, 0.4) is 0 Å². The lowest BCUT2D eigenvalue weighted by molar-refractivity contribution is -0.123. The van der Waals surface area contributed by atoms with Crippen molar-refractivity contribution in [3.05, 3.63) is 87.4 Å². The minimum Gasteiger partial charge on any atom is -0.494 e. The number of hydrogen-bond donors (Lipinski definition) is 1. The van der Waals surface area contributed by atoms with Gasteiger partial charge < -0.3 is 14.2 Å². The largest absolute Gasteiger partial charge is 0.494 e. The smallest absolute Gasteiger partial charge is 0.343 e. The van der Waals surface area contributed by atoms with Gasteiger partial charge in [0.1, 0.15) is 17.2 Å². The fraction of sp³-hybridized carbons (Fsp3) is 0.276. The number of nitrogens with one attached hydrogen (secondary N) is 1. The first-order chi connectivity index (χ1) is 17.8. The van der Waals surface area contributed by atoms with E-state index in [2.05, 4.69) is 46.4 Å². The number of hydrogen-bond acceptors (Lipinski definition) is 6. The summed E-state index contributed by atoms with van der Waals surface area (Å²) in [4.78, 5) is 25.0. The molecule has 0 aliphatic heterocycles. The van der Waals surface area contributed by atoms with Crippen LogP contribution in [0.2, 0.25) is 0 Å². The molecule has 0 aliphatic rings. The van der Waals surface area contributed by atoms with E-state index in [0.717, 1.165) is 22.0 Å². The van der Waals surface area contributed by atoms with Crippen LogP contribution in [0, 0.1) is 6.92 Å². The number of ether oxygens (including phenoxy) is 3. The number of hydrazone groups is 1. The van der Waals surface area contributed by atoms with Crippen molar-refractivity contribution in [2.24, 2.45) is 5.10 Å². The van der Waals surface area contributed by atoms with Crippen LogP contribution in [0.15, 0.2) is 70.2 Å². The second-order valence-corrected chi connectivity index (χ2v) is 9.62. The van der Waals surface area contributed by atoms with Crippen molar-refractivity contribution in [1.29, 1.82) is 0 Å². The molecule has 1 amide bonds. The maximum Gasteiger partial charge on any atom is 0.343 e. The molecule has 0 unspecified atom stereocenters. The van der Waals surface area contributed by atoms with Gasteiger partial charge in [-0.2, -0.15) is 5.10 Å². The van der Waals surface area contributed by atoms with Crippen molar-refractivity contribution in [3.63, 3.8) is 0 Å². The van der Waals surface area contributed by atoms with Crippen LogP contribution < -0.4 is 19.6 Å². The van der Waals surface area contributed by atoms with E-state index in [1.54, 1.807) is 42.5 Å². The molecule has 37 heavy (non-hydrogen) atoms. The highest BCUT2D eigenvalue weighted by Crippen LogP contribution is 2.25. The van der Waals surface area contributed by atoms with Crippen LogP contribution in [-0.2, 0) is 4.79 Å². The van der Waals surface area contributed by atoms with Crippen LogP contribution in [0.5, 0.6) is 17.2 Å². The summed E-state index contributed by atoms with van der Waals surface area (Å²) in [6.45, 7) is 8.58. The second-order valence-electron chi connectivity index (χ2n) is 8.71. The molecule has 0 radical (unpaired) electrons. The lowest BCUT2D eigenvalue weighted by Gasteiger charge is -2.12. The minimum atomic E-state index is -0.518. The normalized spacial score (nSPS) is 11.0. The van der Waals surface area contributed by atoms with Gasteiger partial charge in [0.25, 0.3) is 5.91 Å². The summed E-state index contributed by atoms with van der Waals surface area (Å²) in [6, 6.07) is 17.9. The van der Waals surface area contributed by atoms with E-state index in [-0.39, 0.29) is 6.61 Å². The molecule has 0 saturated carbocycles. The van der Waals surface area contributed by atoms with E-state index in [1.807, 2.05) is 26.0 Å². The number of amides is 1. The van der Waals surface area contributed by atoms with Gasteiger partial charge in [0.2, 0.25) is 0 Å². The lowest BCUT2D eigenvalue weighted by Crippen LogP contribution is -2.24. The van der Waals surface area contributed by atoms with E-state index in [4.69, 9.17) is 14.2 Å². The van der Waals surface area contributed by atoms with Gasteiger partial charge >= 0.3 is 5.97 Å². The standard InChI is InChI=1S/C29H31BrN2O5/c1-5-14-35-25-11-8-21(9-12-25)29(34)37-26-13-10-24(30)15-23(26)17-31-32-28(33)18-36-27-16-22(19(2)3)7-6-20(27)4/h6-13,15-17,19H,5,14,18H2,1-4H3,(H,32,33). The number of nitrogens with zero attached hydrogens (tertiary/aromatic N) is 1. The van der Waals surface area contributed by atoms with Crippen LogP contribution in [0.25, 0.3) is 0 Å². The number of aryl methyl sites for hydroxylation is 1. The zero-order valence-electron chi connectivity index (χ0n) is 21.4. The van der Waals surface area contributed by atoms with E-state index >= 15 is 0 Å². The molecule has 0 aliphatic carbocycles. The molecule has 3 aromatic carbocycles. The molecule has 8 heteroatoms. The van der Waals surface area contributed by atoms with Gasteiger partial charge in [-0.1, -0.05) is 48.8 Å². The molecule has 1 N–H and O–H groups in total. The fourth-order valence-electron chi connectivity index (χ4n) is 3.26. The van der Waals surface area contributed by atoms with Gasteiger partial charge in [-0.05, 0) is 78.9 Å². The Morgan fingerprint density at radius 3 is 2.46 bits per heavy atom. The highest BCUT2D eigenvalue weighted by Gasteiger charge is 2.12. The molecular weight excluding hydrogens is 536 g/mol. The Balaban J connectivity index is 1.60. The van der Waals surface area contributed by atoms with Gasteiger partial charge in [-0.3, -0.25) is 4.79 Å². The van der Waals surface area contributed by atoms with Crippen LogP contribution in [-0.4, -0.2) is 31.3 Å². The second kappa shape index (κ2) is 13.6. The molecule has 3 aromatic rings. The predicted octanol–water partition coefficient (Wildman–Crippen LogP) is 6.42. The first-order valence-electron chi connectivity index (χ1n) is 12.1. The fourth-order valence-corrected chi connectivity index (χ4v) is 3.64. The summed E-state index contributed by atoms with van der Waals surface area (Å²) in [5.41, 5.74) is 5.43. The number of benzene rings is 3. The summed E-state index contributed by atoms with van der Waals surface area (Å²) in [5, 5.41) is 4.01. The monoisotopic (exact) mass is 566 g/mol. The van der Waals surface area contributed by atoms with E-state index in [9.17, 15) is 9.59 Å². The van der Waals surface area contributed by atoms with Crippen molar-refractivity contribution >= 4 is 34.0 Å². The van der Waals surface area contributed by atoms with E-state index in [0.29, 0.717) is 40.9 Å². The Kier molecular flexibility index (Phi) is 10.3. The quantitative estimate of drug-likeness (QED) is 0.125. The zero-order valence-corrected chi connectivity index (χ0v) is 23.0. The number of carbonyl (C=O) groups is 2. The average Bonchev–Trinajstić information content (AvgIpc) is 2.88. The Morgan fingerprint density at radius 2 is 1.76 bits per heavy atom. The molecular formula is C29H31BrN2O5. The number of esters is 1. The van der Waals surface area contributed by atoms with Crippen molar-refractivity contribution in [3.8, 4) is 17.2 Å². The van der Waals surface area contributed by atoms with Crippen molar-refractivity contribution in [2.45, 2.75) is 40.0 Å². The third-order valence-corrected chi connectivity index (χ3v) is 5.86. The predicted molar refractivity (Wildman–Crippen MR) is 148 cm³/mol. The number of rotatable bonds is 11. The molecule has 7 nitrogen and oxygen atoms in total. The summed E-state index contributed by atoms with van der Waals surface area (Å²) in [7, 11) is 0. The molecule has 0 spiro atoms. The zero-order chi connectivity index (χ0) is 26.8. The van der Waals surface area contributed by atoms with Gasteiger partial charge in [-0.15, -0.1) is 0 Å². The van der Waals surface area contributed by atoms with Gasteiger partial charge in [0, 0.05) is 10.0 Å². The van der Waals surface area contributed by atoms with Crippen LogP contribution >= 0.6 is 15.9 Å². The molecule has 0 heterocycles. The Hall–Kier alpha value is -3.65. The average molecular weight is 567 g/mol. The molecule has 194 valence electrons. The highest BCUT2D eigenvalue weighted by atomic mass is 79.9. The molecule has 3 rings (SSSR count). The first-order valence-corrected chi connectivity index (χ1v) is 12.9. The first kappa shape index (κ1) is 27.9. The SMILES string of the molecule is CCCOc1ccc(C(=O)Oc2ccc(Br)cc2C=NNC(=O)COc2cc(C(C)C)ccc2C)cc1. The number of carbonyl (C=O) groups excluding carboxylic acids is 2. The topological polar surface area (TPSA) is 86.2 Å². The minimum absolute atomic E-state index is 0.183. The highest BCUT2D eigenvalue weighted by molar-refractivity contribution is 9.10. The van der Waals surface area contributed by atoms with E-state index < -0.39 is 11.9 Å².